The summed E-state index contributed by atoms with van der Waals surface area (Å²) in [6.07, 6.45) is 5.62. The van der Waals surface area contributed by atoms with Crippen molar-refractivity contribution in [1.29, 1.82) is 0 Å². The Morgan fingerprint density at radius 2 is 1.88 bits per heavy atom. The molecule has 2 heterocycles. The molecule has 0 fully saturated rings. The summed E-state index contributed by atoms with van der Waals surface area (Å²) in [5.41, 5.74) is 2.72. The van der Waals surface area contributed by atoms with Crippen LogP contribution >= 0.6 is 0 Å². The van der Waals surface area contributed by atoms with Gasteiger partial charge < -0.3 is 14.8 Å². The van der Waals surface area contributed by atoms with Gasteiger partial charge in [0.15, 0.2) is 0 Å². The van der Waals surface area contributed by atoms with Gasteiger partial charge in [-0.15, -0.1) is 0 Å². The van der Waals surface area contributed by atoms with E-state index < -0.39 is 0 Å². The van der Waals surface area contributed by atoms with Gasteiger partial charge in [0.25, 0.3) is 0 Å². The molecule has 0 unspecified atom stereocenters. The van der Waals surface area contributed by atoms with Gasteiger partial charge in [-0.2, -0.15) is 0 Å². The second-order valence-electron chi connectivity index (χ2n) is 6.80. The van der Waals surface area contributed by atoms with Crippen LogP contribution in [0.15, 0.2) is 36.7 Å². The van der Waals surface area contributed by atoms with E-state index in [1.54, 1.807) is 6.20 Å². The summed E-state index contributed by atoms with van der Waals surface area (Å²) in [5, 5.41) is 3.03. The zero-order chi connectivity index (χ0) is 16.9. The fraction of sp³-hybridized carbons (Fsp3) is 0.474. The van der Waals surface area contributed by atoms with Crippen LogP contribution in [0.2, 0.25) is 0 Å². The molecule has 2 amide bonds. The molecule has 1 N–H and O–H groups in total. The van der Waals surface area contributed by atoms with Crippen molar-refractivity contribution in [3.8, 4) is 0 Å². The Labute approximate surface area is 143 Å². The second kappa shape index (κ2) is 7.51. The number of carbonyl (C=O) groups is 1. The summed E-state index contributed by atoms with van der Waals surface area (Å²) >= 11 is 0. The molecule has 128 valence electrons. The molecule has 0 radical (unpaired) electrons. The highest BCUT2D eigenvalue weighted by atomic mass is 16.2. The lowest BCUT2D eigenvalue weighted by atomic mass is 10.0. The van der Waals surface area contributed by atoms with E-state index in [0.717, 1.165) is 38.3 Å². The van der Waals surface area contributed by atoms with E-state index in [1.165, 1.54) is 11.1 Å². The molecule has 0 saturated carbocycles. The van der Waals surface area contributed by atoms with E-state index in [-0.39, 0.29) is 6.03 Å². The van der Waals surface area contributed by atoms with Crippen molar-refractivity contribution in [2.45, 2.75) is 39.8 Å². The van der Waals surface area contributed by atoms with Crippen molar-refractivity contribution in [2.75, 3.05) is 13.1 Å². The molecule has 0 bridgehead atoms. The number of nitrogens with zero attached hydrogens (tertiary/aromatic N) is 3. The van der Waals surface area contributed by atoms with Gasteiger partial charge in [-0.1, -0.05) is 38.1 Å². The molecule has 1 aromatic carbocycles. The third kappa shape index (κ3) is 3.96. The van der Waals surface area contributed by atoms with E-state index in [4.69, 9.17) is 0 Å². The first-order valence-electron chi connectivity index (χ1n) is 8.73. The number of hydrogen-bond donors (Lipinski definition) is 1. The number of urea groups is 1. The Morgan fingerprint density at radius 3 is 2.50 bits per heavy atom. The summed E-state index contributed by atoms with van der Waals surface area (Å²) < 4.78 is 2.11. The van der Waals surface area contributed by atoms with Gasteiger partial charge in [0.2, 0.25) is 0 Å². The average molecular weight is 326 g/mol. The van der Waals surface area contributed by atoms with Crippen LogP contribution in [0, 0.1) is 5.92 Å². The minimum absolute atomic E-state index is 0.00176. The van der Waals surface area contributed by atoms with Gasteiger partial charge >= 0.3 is 6.03 Å². The largest absolute Gasteiger partial charge is 0.333 e. The fourth-order valence-corrected chi connectivity index (χ4v) is 3.20. The molecule has 0 saturated heterocycles. The summed E-state index contributed by atoms with van der Waals surface area (Å²) in [5.74, 6) is 1.47. The monoisotopic (exact) mass is 326 g/mol. The lowest BCUT2D eigenvalue weighted by Crippen LogP contribution is -2.41. The van der Waals surface area contributed by atoms with Crippen molar-refractivity contribution >= 4 is 6.03 Å². The Bertz CT molecular complexity index is 665. The number of fused-ring (bicyclic) bond motifs is 1. The molecule has 5 heteroatoms. The maximum absolute atomic E-state index is 12.5. The topological polar surface area (TPSA) is 50.2 Å². The Kier molecular flexibility index (Phi) is 5.18. The standard InChI is InChI=1S/C19H26N4O/c1-15(2)14-23-12-9-20-18(23)13-21-19(24)22-10-7-16-5-3-4-6-17(16)8-11-22/h3-6,9,12,15H,7-8,10-11,13-14H2,1-2H3,(H,21,24). The molecule has 3 rings (SSSR count). The van der Waals surface area contributed by atoms with Crippen LogP contribution in [0.4, 0.5) is 4.79 Å². The van der Waals surface area contributed by atoms with E-state index in [1.807, 2.05) is 11.1 Å². The van der Waals surface area contributed by atoms with Gasteiger partial charge in [0.1, 0.15) is 5.82 Å². The van der Waals surface area contributed by atoms with Gasteiger partial charge in [0.05, 0.1) is 6.54 Å². The smallest absolute Gasteiger partial charge is 0.317 e. The highest BCUT2D eigenvalue weighted by Gasteiger charge is 2.18. The van der Waals surface area contributed by atoms with Crippen LogP contribution in [0.5, 0.6) is 0 Å². The van der Waals surface area contributed by atoms with Crippen LogP contribution in [0.25, 0.3) is 0 Å². The van der Waals surface area contributed by atoms with Crippen molar-refractivity contribution in [3.63, 3.8) is 0 Å². The van der Waals surface area contributed by atoms with Gasteiger partial charge in [0, 0.05) is 32.0 Å². The van der Waals surface area contributed by atoms with Crippen LogP contribution in [0.1, 0.15) is 30.8 Å². The third-order valence-corrected chi connectivity index (χ3v) is 4.47. The van der Waals surface area contributed by atoms with Crippen molar-refractivity contribution in [3.05, 3.63) is 53.6 Å². The summed E-state index contributed by atoms with van der Waals surface area (Å²) in [7, 11) is 0. The molecule has 24 heavy (non-hydrogen) atoms. The van der Waals surface area contributed by atoms with E-state index in [2.05, 4.69) is 53.0 Å². The maximum atomic E-state index is 12.5. The maximum Gasteiger partial charge on any atom is 0.317 e. The predicted molar refractivity (Wildman–Crippen MR) is 94.7 cm³/mol. The molecule has 5 nitrogen and oxygen atoms in total. The Balaban J connectivity index is 1.56. The van der Waals surface area contributed by atoms with Gasteiger partial charge in [-0.3, -0.25) is 0 Å². The molecule has 0 atom stereocenters. The number of aromatic nitrogens is 2. The van der Waals surface area contributed by atoms with Crippen molar-refractivity contribution in [1.82, 2.24) is 19.8 Å². The fourth-order valence-electron chi connectivity index (χ4n) is 3.20. The highest BCUT2D eigenvalue weighted by Crippen LogP contribution is 2.15. The molecule has 1 aliphatic rings. The Hall–Kier alpha value is -2.30. The van der Waals surface area contributed by atoms with E-state index >= 15 is 0 Å². The number of carbonyl (C=O) groups excluding carboxylic acids is 1. The van der Waals surface area contributed by atoms with Crippen LogP contribution in [-0.2, 0) is 25.9 Å². The first kappa shape index (κ1) is 16.6. The van der Waals surface area contributed by atoms with E-state index in [0.29, 0.717) is 12.5 Å². The third-order valence-electron chi connectivity index (χ3n) is 4.47. The summed E-state index contributed by atoms with van der Waals surface area (Å²) in [6, 6.07) is 8.48. The highest BCUT2D eigenvalue weighted by molar-refractivity contribution is 5.74. The second-order valence-corrected chi connectivity index (χ2v) is 6.80. The minimum Gasteiger partial charge on any atom is -0.333 e. The van der Waals surface area contributed by atoms with E-state index in [9.17, 15) is 4.79 Å². The van der Waals surface area contributed by atoms with Crippen molar-refractivity contribution in [2.24, 2.45) is 5.92 Å². The van der Waals surface area contributed by atoms with Gasteiger partial charge in [-0.25, -0.2) is 9.78 Å². The number of benzene rings is 1. The quantitative estimate of drug-likeness (QED) is 0.939. The van der Waals surface area contributed by atoms with Crippen LogP contribution in [0.3, 0.4) is 0 Å². The van der Waals surface area contributed by atoms with Crippen LogP contribution < -0.4 is 5.32 Å². The molecule has 1 aromatic heterocycles. The molecular formula is C19H26N4O. The number of rotatable bonds is 4. The Morgan fingerprint density at radius 1 is 1.21 bits per heavy atom. The molecule has 1 aliphatic heterocycles. The number of nitrogens with one attached hydrogen (secondary N) is 1. The van der Waals surface area contributed by atoms with Crippen molar-refractivity contribution < 1.29 is 4.79 Å². The number of hydrogen-bond acceptors (Lipinski definition) is 2. The molecule has 0 spiro atoms. The first-order valence-corrected chi connectivity index (χ1v) is 8.73. The molecule has 0 aliphatic carbocycles. The average Bonchev–Trinajstić information content (AvgIpc) is 2.88. The predicted octanol–water partition coefficient (Wildman–Crippen LogP) is 2.85. The van der Waals surface area contributed by atoms with Gasteiger partial charge in [-0.05, 0) is 29.9 Å². The lowest BCUT2D eigenvalue weighted by molar-refractivity contribution is 0.199. The number of amides is 2. The zero-order valence-electron chi connectivity index (χ0n) is 14.5. The minimum atomic E-state index is 0.00176. The molecule has 2 aromatic rings. The lowest BCUT2D eigenvalue weighted by Gasteiger charge is -2.21. The summed E-state index contributed by atoms with van der Waals surface area (Å²) in [4.78, 5) is 18.8. The normalized spacial score (nSPS) is 14.4. The van der Waals surface area contributed by atoms with Crippen LogP contribution in [-0.4, -0.2) is 33.6 Å². The summed E-state index contributed by atoms with van der Waals surface area (Å²) in [6.45, 7) is 7.29. The zero-order valence-corrected chi connectivity index (χ0v) is 14.5. The number of imidazole rings is 1. The SMILES string of the molecule is CC(C)Cn1ccnc1CNC(=O)N1CCc2ccccc2CC1. The first-order chi connectivity index (χ1) is 11.6. The molecular weight excluding hydrogens is 300 g/mol.